The van der Waals surface area contributed by atoms with Gasteiger partial charge in [-0.05, 0) is 54.8 Å². The maximum Gasteiger partial charge on any atom is 0.355 e. The smallest absolute Gasteiger partial charge is 0.355 e. The third-order valence-electron chi connectivity index (χ3n) is 6.07. The molecule has 0 aliphatic carbocycles. The molecule has 1 aromatic heterocycles. The zero-order valence-corrected chi connectivity index (χ0v) is 19.2. The summed E-state index contributed by atoms with van der Waals surface area (Å²) in [5, 5.41) is 0.787. The molecule has 1 aliphatic rings. The molecule has 0 saturated carbocycles. The van der Waals surface area contributed by atoms with E-state index in [1.807, 2.05) is 48.5 Å². The Morgan fingerprint density at radius 3 is 2.29 bits per heavy atom. The number of rotatable bonds is 8. The number of aromatic nitrogens is 1. The number of hydrogen-bond donors (Lipinski definition) is 1. The van der Waals surface area contributed by atoms with Crippen LogP contribution >= 0.6 is 0 Å². The quantitative estimate of drug-likeness (QED) is 0.297. The van der Waals surface area contributed by atoms with Gasteiger partial charge in [0.1, 0.15) is 18.1 Å². The minimum atomic E-state index is -0.479. The lowest BCUT2D eigenvalue weighted by Gasteiger charge is -2.14. The fraction of sp³-hybridized carbons (Fsp3) is 0.179. The molecule has 3 aromatic carbocycles. The molecule has 0 atom stereocenters. The van der Waals surface area contributed by atoms with Crippen LogP contribution in [0.5, 0.6) is 5.75 Å². The van der Waals surface area contributed by atoms with Gasteiger partial charge in [-0.25, -0.2) is 4.79 Å². The van der Waals surface area contributed by atoms with E-state index in [2.05, 4.69) is 4.98 Å². The van der Waals surface area contributed by atoms with Crippen molar-refractivity contribution in [1.29, 1.82) is 0 Å². The minimum Gasteiger partial charge on any atom is -0.489 e. The Labute approximate surface area is 202 Å². The standard InChI is InChI=1S/C28H24N2O5/c1-2-34-28(33)25-20(14-15-30-26(31)21-10-6-7-11-22(21)27(30)32)23-16-19(12-13-24(23)29-25)35-17-18-8-4-3-5-9-18/h3-13,16,29H,2,14-15,17H2,1H3. The SMILES string of the molecule is CCOC(=O)c1[nH]c2ccc(OCc3ccccc3)cc2c1CCN1C(=O)c2ccccc2C1=O. The van der Waals surface area contributed by atoms with Gasteiger partial charge in [-0.15, -0.1) is 0 Å². The first-order chi connectivity index (χ1) is 17.1. The van der Waals surface area contributed by atoms with Crippen molar-refractivity contribution < 1.29 is 23.9 Å². The second-order valence-corrected chi connectivity index (χ2v) is 8.24. The molecule has 0 unspecified atom stereocenters. The summed E-state index contributed by atoms with van der Waals surface area (Å²) in [6.07, 6.45) is 0.293. The van der Waals surface area contributed by atoms with Crippen LogP contribution in [0.2, 0.25) is 0 Å². The number of imide groups is 1. The summed E-state index contributed by atoms with van der Waals surface area (Å²) in [5.41, 5.74) is 3.59. The highest BCUT2D eigenvalue weighted by atomic mass is 16.5. The largest absolute Gasteiger partial charge is 0.489 e. The van der Waals surface area contributed by atoms with E-state index in [4.69, 9.17) is 9.47 Å². The van der Waals surface area contributed by atoms with E-state index in [-0.39, 0.29) is 25.0 Å². The number of hydrogen-bond acceptors (Lipinski definition) is 5. The van der Waals surface area contributed by atoms with Crippen molar-refractivity contribution in [2.24, 2.45) is 0 Å². The summed E-state index contributed by atoms with van der Waals surface area (Å²) < 4.78 is 11.2. The summed E-state index contributed by atoms with van der Waals surface area (Å²) >= 11 is 0. The van der Waals surface area contributed by atoms with E-state index in [1.165, 1.54) is 4.90 Å². The Kier molecular flexibility index (Phi) is 6.06. The molecule has 2 heterocycles. The van der Waals surface area contributed by atoms with E-state index in [1.54, 1.807) is 31.2 Å². The number of ether oxygens (including phenoxy) is 2. The molecule has 176 valence electrons. The lowest BCUT2D eigenvalue weighted by atomic mass is 10.1. The summed E-state index contributed by atoms with van der Waals surface area (Å²) in [6.45, 7) is 2.53. The number of amides is 2. The number of carbonyl (C=O) groups is 3. The summed E-state index contributed by atoms with van der Waals surface area (Å²) in [7, 11) is 0. The van der Waals surface area contributed by atoms with E-state index >= 15 is 0 Å². The summed E-state index contributed by atoms with van der Waals surface area (Å²) in [4.78, 5) is 42.7. The molecule has 35 heavy (non-hydrogen) atoms. The van der Waals surface area contributed by atoms with Crippen LogP contribution in [0.25, 0.3) is 10.9 Å². The van der Waals surface area contributed by atoms with Crippen molar-refractivity contribution in [2.75, 3.05) is 13.2 Å². The van der Waals surface area contributed by atoms with Crippen LogP contribution in [0.15, 0.2) is 72.8 Å². The lowest BCUT2D eigenvalue weighted by molar-refractivity contribution is 0.0519. The number of benzene rings is 3. The van der Waals surface area contributed by atoms with Gasteiger partial charge in [0.2, 0.25) is 0 Å². The van der Waals surface area contributed by atoms with Crippen LogP contribution in [0.3, 0.4) is 0 Å². The van der Waals surface area contributed by atoms with Gasteiger partial charge in [0.15, 0.2) is 0 Å². The molecule has 0 fully saturated rings. The van der Waals surface area contributed by atoms with Gasteiger partial charge in [-0.2, -0.15) is 0 Å². The molecule has 7 nitrogen and oxygen atoms in total. The number of H-pyrrole nitrogens is 1. The van der Waals surface area contributed by atoms with Crippen LogP contribution < -0.4 is 4.74 Å². The van der Waals surface area contributed by atoms with Crippen molar-refractivity contribution in [3.63, 3.8) is 0 Å². The number of esters is 1. The van der Waals surface area contributed by atoms with Crippen LogP contribution in [0.1, 0.15) is 49.3 Å². The maximum absolute atomic E-state index is 12.8. The Bertz CT molecular complexity index is 1390. The van der Waals surface area contributed by atoms with Gasteiger partial charge in [-0.1, -0.05) is 42.5 Å². The topological polar surface area (TPSA) is 88.7 Å². The van der Waals surface area contributed by atoms with Gasteiger partial charge < -0.3 is 14.5 Å². The summed E-state index contributed by atoms with van der Waals surface area (Å²) in [5.74, 6) is -0.476. The molecule has 4 aromatic rings. The molecule has 1 N–H and O–H groups in total. The molecule has 0 radical (unpaired) electrons. The van der Waals surface area contributed by atoms with Crippen LogP contribution in [0, 0.1) is 0 Å². The highest BCUT2D eigenvalue weighted by Gasteiger charge is 2.35. The fourth-order valence-corrected chi connectivity index (χ4v) is 4.36. The zero-order chi connectivity index (χ0) is 24.4. The lowest BCUT2D eigenvalue weighted by Crippen LogP contribution is -2.32. The predicted molar refractivity (Wildman–Crippen MR) is 131 cm³/mol. The van der Waals surface area contributed by atoms with Crippen LogP contribution in [-0.2, 0) is 17.8 Å². The van der Waals surface area contributed by atoms with Crippen molar-refractivity contribution in [2.45, 2.75) is 20.0 Å². The van der Waals surface area contributed by atoms with Gasteiger partial charge in [0, 0.05) is 17.4 Å². The Morgan fingerprint density at radius 2 is 1.60 bits per heavy atom. The maximum atomic E-state index is 12.8. The second-order valence-electron chi connectivity index (χ2n) is 8.24. The molecular formula is C28H24N2O5. The Hall–Kier alpha value is -4.39. The molecule has 2 amide bonds. The molecule has 0 saturated heterocycles. The zero-order valence-electron chi connectivity index (χ0n) is 19.2. The number of nitrogens with zero attached hydrogens (tertiary/aromatic N) is 1. The van der Waals surface area contributed by atoms with Gasteiger partial charge in [0.05, 0.1) is 17.7 Å². The van der Waals surface area contributed by atoms with E-state index in [0.717, 1.165) is 16.5 Å². The van der Waals surface area contributed by atoms with E-state index in [9.17, 15) is 14.4 Å². The summed E-state index contributed by atoms with van der Waals surface area (Å²) in [6, 6.07) is 22.2. The monoisotopic (exact) mass is 468 g/mol. The Morgan fingerprint density at radius 1 is 0.914 bits per heavy atom. The van der Waals surface area contributed by atoms with E-state index < -0.39 is 5.97 Å². The number of carbonyl (C=O) groups excluding carboxylic acids is 3. The third kappa shape index (κ3) is 4.28. The third-order valence-corrected chi connectivity index (χ3v) is 6.07. The molecule has 1 aliphatic heterocycles. The van der Waals surface area contributed by atoms with Crippen molar-refractivity contribution in [1.82, 2.24) is 9.88 Å². The van der Waals surface area contributed by atoms with Crippen molar-refractivity contribution in [3.05, 3.63) is 101 Å². The number of aromatic amines is 1. The molecular weight excluding hydrogens is 444 g/mol. The Balaban J connectivity index is 1.43. The predicted octanol–water partition coefficient (Wildman–Crippen LogP) is 4.76. The van der Waals surface area contributed by atoms with Crippen LogP contribution in [-0.4, -0.2) is 40.8 Å². The van der Waals surface area contributed by atoms with Crippen molar-refractivity contribution in [3.8, 4) is 5.75 Å². The average molecular weight is 469 g/mol. The molecule has 7 heteroatoms. The normalized spacial score (nSPS) is 12.8. The molecule has 0 spiro atoms. The van der Waals surface area contributed by atoms with E-state index in [0.29, 0.717) is 41.2 Å². The molecule has 5 rings (SSSR count). The van der Waals surface area contributed by atoms with Crippen LogP contribution in [0.4, 0.5) is 0 Å². The average Bonchev–Trinajstić information content (AvgIpc) is 3.37. The second kappa shape index (κ2) is 9.46. The fourth-order valence-electron chi connectivity index (χ4n) is 4.36. The first kappa shape index (κ1) is 22.4. The number of nitrogens with one attached hydrogen (secondary N) is 1. The van der Waals surface area contributed by atoms with Gasteiger partial charge in [0.25, 0.3) is 11.8 Å². The number of fused-ring (bicyclic) bond motifs is 2. The minimum absolute atomic E-state index is 0.140. The van der Waals surface area contributed by atoms with Gasteiger partial charge in [-0.3, -0.25) is 14.5 Å². The first-order valence-corrected chi connectivity index (χ1v) is 11.5. The first-order valence-electron chi connectivity index (χ1n) is 11.5. The van der Waals surface area contributed by atoms with Gasteiger partial charge >= 0.3 is 5.97 Å². The van der Waals surface area contributed by atoms with Crippen molar-refractivity contribution >= 4 is 28.7 Å². The highest BCUT2D eigenvalue weighted by Crippen LogP contribution is 2.30. The molecule has 0 bridgehead atoms. The highest BCUT2D eigenvalue weighted by molar-refractivity contribution is 6.21.